The van der Waals surface area contributed by atoms with Crippen molar-refractivity contribution in [3.05, 3.63) is 35.4 Å². The van der Waals surface area contributed by atoms with Gasteiger partial charge >= 0.3 is 0 Å². The molecule has 2 atom stereocenters. The first-order valence-corrected chi connectivity index (χ1v) is 5.89. The van der Waals surface area contributed by atoms with Crippen LogP contribution in [0.5, 0.6) is 5.75 Å². The van der Waals surface area contributed by atoms with Gasteiger partial charge in [-0.05, 0) is 24.5 Å². The van der Waals surface area contributed by atoms with E-state index in [4.69, 9.17) is 11.3 Å². The zero-order valence-electron chi connectivity index (χ0n) is 9.81. The summed E-state index contributed by atoms with van der Waals surface area (Å²) >= 11 is 0. The molecule has 2 aliphatic rings. The molecular formula is C13H15N3O. The number of nitrogens with one attached hydrogen (secondary N) is 1. The van der Waals surface area contributed by atoms with Gasteiger partial charge in [-0.2, -0.15) is 0 Å². The SMILES string of the molecule is [C-]#[N+][C@@H]1C(c2cncc(OC)c2)CNC12CC2. The highest BCUT2D eigenvalue weighted by molar-refractivity contribution is 5.34. The van der Waals surface area contributed by atoms with E-state index in [0.29, 0.717) is 0 Å². The van der Waals surface area contributed by atoms with Crippen LogP contribution in [0, 0.1) is 6.57 Å². The Morgan fingerprint density at radius 3 is 3.00 bits per heavy atom. The first-order valence-electron chi connectivity index (χ1n) is 5.89. The Bertz CT molecular complexity index is 476. The van der Waals surface area contributed by atoms with Gasteiger partial charge in [0.25, 0.3) is 0 Å². The summed E-state index contributed by atoms with van der Waals surface area (Å²) in [5, 5.41) is 3.51. The molecule has 1 saturated carbocycles. The van der Waals surface area contributed by atoms with Crippen molar-refractivity contribution in [1.29, 1.82) is 0 Å². The van der Waals surface area contributed by atoms with Crippen molar-refractivity contribution in [3.8, 4) is 5.75 Å². The van der Waals surface area contributed by atoms with Crippen LogP contribution in [0.4, 0.5) is 0 Å². The topological polar surface area (TPSA) is 38.5 Å². The summed E-state index contributed by atoms with van der Waals surface area (Å²) in [6, 6.07) is 2.05. The van der Waals surface area contributed by atoms with Crippen LogP contribution in [0.1, 0.15) is 24.3 Å². The van der Waals surface area contributed by atoms with Crippen molar-refractivity contribution >= 4 is 0 Å². The predicted octanol–water partition coefficient (Wildman–Crippen LogP) is 1.60. The number of aromatic nitrogens is 1. The molecule has 4 heteroatoms. The summed E-state index contributed by atoms with van der Waals surface area (Å²) in [5.41, 5.74) is 1.22. The fourth-order valence-electron chi connectivity index (χ4n) is 2.79. The maximum absolute atomic E-state index is 7.41. The fourth-order valence-corrected chi connectivity index (χ4v) is 2.79. The molecule has 1 aromatic heterocycles. The molecule has 1 aliphatic heterocycles. The molecule has 88 valence electrons. The molecule has 0 radical (unpaired) electrons. The van der Waals surface area contributed by atoms with Crippen molar-refractivity contribution in [2.75, 3.05) is 13.7 Å². The zero-order valence-corrected chi connectivity index (χ0v) is 9.81. The molecule has 0 aromatic carbocycles. The number of pyridine rings is 1. The highest BCUT2D eigenvalue weighted by atomic mass is 16.5. The van der Waals surface area contributed by atoms with Crippen molar-refractivity contribution in [3.63, 3.8) is 0 Å². The first-order chi connectivity index (χ1) is 8.29. The molecular weight excluding hydrogens is 214 g/mol. The van der Waals surface area contributed by atoms with Crippen LogP contribution >= 0.6 is 0 Å². The Morgan fingerprint density at radius 2 is 2.35 bits per heavy atom. The standard InChI is InChI=1S/C13H15N3O/c1-14-12-11(8-16-13(12)3-4-13)9-5-10(17-2)7-15-6-9/h5-7,11-12,16H,3-4,8H2,2H3/t11?,12-/m1/s1. The largest absolute Gasteiger partial charge is 0.495 e. The first kappa shape index (κ1) is 10.5. The van der Waals surface area contributed by atoms with E-state index in [-0.39, 0.29) is 17.5 Å². The second-order valence-corrected chi connectivity index (χ2v) is 4.88. The lowest BCUT2D eigenvalue weighted by Gasteiger charge is -2.13. The Morgan fingerprint density at radius 1 is 1.53 bits per heavy atom. The van der Waals surface area contributed by atoms with Crippen LogP contribution in [-0.4, -0.2) is 30.2 Å². The van der Waals surface area contributed by atoms with E-state index in [2.05, 4.69) is 15.1 Å². The lowest BCUT2D eigenvalue weighted by atomic mass is 9.91. The molecule has 0 amide bonds. The summed E-state index contributed by atoms with van der Waals surface area (Å²) in [6.45, 7) is 8.28. The number of methoxy groups -OCH3 is 1. The van der Waals surface area contributed by atoms with E-state index in [1.807, 2.05) is 12.3 Å². The Balaban J connectivity index is 1.91. The summed E-state index contributed by atoms with van der Waals surface area (Å²) in [5.74, 6) is 1.01. The second-order valence-electron chi connectivity index (χ2n) is 4.88. The summed E-state index contributed by atoms with van der Waals surface area (Å²) in [7, 11) is 1.64. The Labute approximate surface area is 101 Å². The van der Waals surface area contributed by atoms with Crippen molar-refractivity contribution in [2.45, 2.75) is 30.3 Å². The van der Waals surface area contributed by atoms with Crippen LogP contribution < -0.4 is 10.1 Å². The number of ether oxygens (including phenoxy) is 1. The minimum atomic E-state index is 0.0522. The summed E-state index contributed by atoms with van der Waals surface area (Å²) in [4.78, 5) is 8.02. The van der Waals surface area contributed by atoms with Gasteiger partial charge in [0.15, 0.2) is 0 Å². The molecule has 4 nitrogen and oxygen atoms in total. The molecule has 1 spiro atoms. The van der Waals surface area contributed by atoms with Gasteiger partial charge in [-0.1, -0.05) is 0 Å². The minimum absolute atomic E-state index is 0.0522. The number of rotatable bonds is 2. The summed E-state index contributed by atoms with van der Waals surface area (Å²) in [6.07, 6.45) is 5.82. The van der Waals surface area contributed by atoms with E-state index in [1.54, 1.807) is 13.3 Å². The molecule has 1 unspecified atom stereocenters. The Hall–Kier alpha value is -1.60. The molecule has 0 bridgehead atoms. The predicted molar refractivity (Wildman–Crippen MR) is 63.9 cm³/mol. The highest BCUT2D eigenvalue weighted by Crippen LogP contribution is 2.49. The van der Waals surface area contributed by atoms with E-state index in [0.717, 1.165) is 30.7 Å². The molecule has 17 heavy (non-hydrogen) atoms. The van der Waals surface area contributed by atoms with Gasteiger partial charge in [0.1, 0.15) is 5.75 Å². The normalized spacial score (nSPS) is 28.9. The van der Waals surface area contributed by atoms with Gasteiger partial charge in [0.05, 0.1) is 24.8 Å². The van der Waals surface area contributed by atoms with Crippen LogP contribution in [0.25, 0.3) is 4.85 Å². The minimum Gasteiger partial charge on any atom is -0.495 e. The monoisotopic (exact) mass is 229 g/mol. The molecule has 2 fully saturated rings. The van der Waals surface area contributed by atoms with Gasteiger partial charge in [0, 0.05) is 12.7 Å². The quantitative estimate of drug-likeness (QED) is 0.783. The molecule has 1 aliphatic carbocycles. The smallest absolute Gasteiger partial charge is 0.249 e. The van der Waals surface area contributed by atoms with Gasteiger partial charge < -0.3 is 14.9 Å². The average Bonchev–Trinajstić information content (AvgIpc) is 3.04. The maximum Gasteiger partial charge on any atom is 0.249 e. The van der Waals surface area contributed by atoms with E-state index >= 15 is 0 Å². The van der Waals surface area contributed by atoms with Crippen LogP contribution in [0.3, 0.4) is 0 Å². The van der Waals surface area contributed by atoms with Crippen LogP contribution in [0.15, 0.2) is 18.5 Å². The van der Waals surface area contributed by atoms with Crippen LogP contribution in [-0.2, 0) is 0 Å². The number of hydrogen-bond donors (Lipinski definition) is 1. The molecule has 1 saturated heterocycles. The number of hydrogen-bond acceptors (Lipinski definition) is 3. The maximum atomic E-state index is 7.41. The lowest BCUT2D eigenvalue weighted by molar-refractivity contribution is 0.411. The van der Waals surface area contributed by atoms with E-state index < -0.39 is 0 Å². The summed E-state index contributed by atoms with van der Waals surface area (Å²) < 4.78 is 5.19. The van der Waals surface area contributed by atoms with Crippen LogP contribution in [0.2, 0.25) is 0 Å². The molecule has 1 N–H and O–H groups in total. The van der Waals surface area contributed by atoms with E-state index in [1.165, 1.54) is 0 Å². The third-order valence-electron chi connectivity index (χ3n) is 3.95. The third-order valence-corrected chi connectivity index (χ3v) is 3.95. The number of nitrogens with zero attached hydrogens (tertiary/aromatic N) is 2. The van der Waals surface area contributed by atoms with Crippen molar-refractivity contribution in [2.24, 2.45) is 0 Å². The van der Waals surface area contributed by atoms with Gasteiger partial charge in [-0.15, -0.1) is 0 Å². The average molecular weight is 229 g/mol. The lowest BCUT2D eigenvalue weighted by Crippen LogP contribution is -2.31. The highest BCUT2D eigenvalue weighted by Gasteiger charge is 2.61. The van der Waals surface area contributed by atoms with Crippen molar-refractivity contribution in [1.82, 2.24) is 10.3 Å². The van der Waals surface area contributed by atoms with Crippen molar-refractivity contribution < 1.29 is 4.74 Å². The Kier molecular flexibility index (Phi) is 2.30. The second kappa shape index (κ2) is 3.71. The molecule has 1 aromatic rings. The zero-order chi connectivity index (χ0) is 11.9. The van der Waals surface area contributed by atoms with Gasteiger partial charge in [-0.3, -0.25) is 4.98 Å². The van der Waals surface area contributed by atoms with Gasteiger partial charge in [-0.25, -0.2) is 6.57 Å². The van der Waals surface area contributed by atoms with E-state index in [9.17, 15) is 0 Å². The van der Waals surface area contributed by atoms with Gasteiger partial charge in [0.2, 0.25) is 6.04 Å². The molecule has 2 heterocycles. The fraction of sp³-hybridized carbons (Fsp3) is 0.538. The third kappa shape index (κ3) is 1.58. The molecule has 3 rings (SSSR count).